The smallest absolute Gasteiger partial charge is 0.171 e. The Morgan fingerprint density at radius 3 is 2.50 bits per heavy atom. The van der Waals surface area contributed by atoms with E-state index in [2.05, 4.69) is 4.90 Å². The Kier molecular flexibility index (Phi) is 8.01. The van der Waals surface area contributed by atoms with Gasteiger partial charge in [-0.15, -0.1) is 0 Å². The first kappa shape index (κ1) is 12.2. The fraction of sp³-hybridized carbons (Fsp3) is 1.00. The molecule has 0 heterocycles. The molecule has 74 valence electrons. The van der Waals surface area contributed by atoms with E-state index in [0.29, 0.717) is 6.61 Å². The summed E-state index contributed by atoms with van der Waals surface area (Å²) >= 11 is 1.36. The van der Waals surface area contributed by atoms with Crippen LogP contribution in [0, 0.1) is 0 Å². The number of nitrogens with zero attached hydrogens (tertiary/aromatic N) is 1. The largest absolute Gasteiger partial charge is 0.352 e. The van der Waals surface area contributed by atoms with Crippen molar-refractivity contribution in [1.29, 1.82) is 0 Å². The Labute approximate surface area is 79.6 Å². The van der Waals surface area contributed by atoms with Crippen molar-refractivity contribution < 1.29 is 8.92 Å². The van der Waals surface area contributed by atoms with Gasteiger partial charge in [-0.3, -0.25) is 4.18 Å². The fourth-order valence-corrected chi connectivity index (χ4v) is 1.18. The van der Waals surface area contributed by atoms with Crippen molar-refractivity contribution in [3.05, 3.63) is 0 Å². The second-order valence-electron chi connectivity index (χ2n) is 2.74. The van der Waals surface area contributed by atoms with Gasteiger partial charge < -0.3 is 9.64 Å². The minimum atomic E-state index is -0.0626. The van der Waals surface area contributed by atoms with Crippen LogP contribution in [0.3, 0.4) is 0 Å². The standard InChI is InChI=1S/C8H19NO2S/c1-5-10-8(11-12-4)6-7-9(2)3/h8H,5-7H2,1-4H3. The normalized spacial score (nSPS) is 13.8. The molecule has 0 rings (SSSR count). The molecule has 0 spiro atoms. The van der Waals surface area contributed by atoms with Crippen LogP contribution in [0.25, 0.3) is 0 Å². The van der Waals surface area contributed by atoms with Crippen LogP contribution in [0.2, 0.25) is 0 Å². The van der Waals surface area contributed by atoms with E-state index in [1.165, 1.54) is 12.0 Å². The highest BCUT2D eigenvalue weighted by Crippen LogP contribution is 2.08. The molecule has 0 saturated heterocycles. The molecular formula is C8H19NO2S. The van der Waals surface area contributed by atoms with Crippen molar-refractivity contribution >= 4 is 12.0 Å². The predicted molar refractivity (Wildman–Crippen MR) is 53.2 cm³/mol. The molecule has 0 bridgehead atoms. The Bertz CT molecular complexity index is 95.1. The summed E-state index contributed by atoms with van der Waals surface area (Å²) in [5, 5.41) is 0. The summed E-state index contributed by atoms with van der Waals surface area (Å²) in [6.07, 6.45) is 2.76. The summed E-state index contributed by atoms with van der Waals surface area (Å²) in [6.45, 7) is 3.68. The number of rotatable bonds is 7. The Morgan fingerprint density at radius 1 is 1.42 bits per heavy atom. The van der Waals surface area contributed by atoms with Crippen molar-refractivity contribution in [2.24, 2.45) is 0 Å². The lowest BCUT2D eigenvalue weighted by atomic mass is 10.4. The molecule has 0 fully saturated rings. The van der Waals surface area contributed by atoms with Gasteiger partial charge in [0.1, 0.15) is 0 Å². The number of ether oxygens (including phenoxy) is 1. The zero-order chi connectivity index (χ0) is 9.40. The first-order valence-electron chi connectivity index (χ1n) is 4.16. The van der Waals surface area contributed by atoms with Gasteiger partial charge in [0.15, 0.2) is 6.29 Å². The number of hydrogen-bond donors (Lipinski definition) is 0. The van der Waals surface area contributed by atoms with E-state index in [1.807, 2.05) is 27.3 Å². The molecule has 0 aliphatic heterocycles. The summed E-state index contributed by atoms with van der Waals surface area (Å²) < 4.78 is 10.7. The van der Waals surface area contributed by atoms with Crippen molar-refractivity contribution in [1.82, 2.24) is 4.90 Å². The van der Waals surface area contributed by atoms with Crippen molar-refractivity contribution in [2.45, 2.75) is 19.6 Å². The number of hydrogen-bond acceptors (Lipinski definition) is 4. The molecule has 0 aromatic carbocycles. The van der Waals surface area contributed by atoms with Crippen LogP contribution in [0.1, 0.15) is 13.3 Å². The van der Waals surface area contributed by atoms with Gasteiger partial charge in [0.05, 0.1) is 0 Å². The van der Waals surface area contributed by atoms with E-state index in [0.717, 1.165) is 13.0 Å². The third-order valence-corrected chi connectivity index (χ3v) is 1.78. The van der Waals surface area contributed by atoms with E-state index >= 15 is 0 Å². The average molecular weight is 193 g/mol. The molecule has 0 aromatic rings. The van der Waals surface area contributed by atoms with Crippen molar-refractivity contribution in [3.63, 3.8) is 0 Å². The second kappa shape index (κ2) is 7.86. The van der Waals surface area contributed by atoms with Crippen LogP contribution in [0.5, 0.6) is 0 Å². The summed E-state index contributed by atoms with van der Waals surface area (Å²) in [5.74, 6) is 0. The van der Waals surface area contributed by atoms with Crippen LogP contribution in [0.15, 0.2) is 0 Å². The molecule has 0 N–H and O–H groups in total. The average Bonchev–Trinajstić information content (AvgIpc) is 2.01. The third-order valence-electron chi connectivity index (χ3n) is 1.37. The molecule has 0 saturated carbocycles. The maximum absolute atomic E-state index is 5.36. The van der Waals surface area contributed by atoms with Gasteiger partial charge in [0, 0.05) is 25.8 Å². The molecule has 1 atom stereocenters. The molecule has 0 aliphatic rings. The van der Waals surface area contributed by atoms with Gasteiger partial charge in [-0.1, -0.05) is 0 Å². The van der Waals surface area contributed by atoms with Gasteiger partial charge in [0.2, 0.25) is 0 Å². The second-order valence-corrected chi connectivity index (χ2v) is 3.27. The quantitative estimate of drug-likeness (QED) is 0.452. The van der Waals surface area contributed by atoms with Gasteiger partial charge >= 0.3 is 0 Å². The SMILES string of the molecule is CCOC(CCN(C)C)OSC. The summed E-state index contributed by atoms with van der Waals surface area (Å²) in [5.41, 5.74) is 0. The minimum absolute atomic E-state index is 0.0626. The van der Waals surface area contributed by atoms with Gasteiger partial charge in [0.25, 0.3) is 0 Å². The van der Waals surface area contributed by atoms with Crippen LogP contribution in [-0.2, 0) is 8.92 Å². The van der Waals surface area contributed by atoms with Gasteiger partial charge in [-0.05, 0) is 33.1 Å². The lowest BCUT2D eigenvalue weighted by Gasteiger charge is -2.17. The maximum atomic E-state index is 5.36. The zero-order valence-corrected chi connectivity index (χ0v) is 9.19. The summed E-state index contributed by atoms with van der Waals surface area (Å²) in [6, 6.07) is 0. The molecule has 12 heavy (non-hydrogen) atoms. The van der Waals surface area contributed by atoms with Crippen LogP contribution < -0.4 is 0 Å². The predicted octanol–water partition coefficient (Wildman–Crippen LogP) is 1.60. The molecule has 0 radical (unpaired) electrons. The lowest BCUT2D eigenvalue weighted by Crippen LogP contribution is -2.22. The Hall–Kier alpha value is 0.230. The van der Waals surface area contributed by atoms with E-state index in [1.54, 1.807) is 0 Å². The molecule has 0 amide bonds. The Morgan fingerprint density at radius 2 is 2.08 bits per heavy atom. The fourth-order valence-electron chi connectivity index (χ4n) is 0.816. The summed E-state index contributed by atoms with van der Waals surface area (Å²) in [7, 11) is 4.09. The molecule has 1 unspecified atom stereocenters. The molecule has 3 nitrogen and oxygen atoms in total. The van der Waals surface area contributed by atoms with E-state index < -0.39 is 0 Å². The van der Waals surface area contributed by atoms with E-state index in [-0.39, 0.29) is 6.29 Å². The zero-order valence-electron chi connectivity index (χ0n) is 8.37. The first-order valence-corrected chi connectivity index (χ1v) is 5.31. The highest BCUT2D eigenvalue weighted by molar-refractivity contribution is 7.93. The van der Waals surface area contributed by atoms with Crippen LogP contribution >= 0.6 is 12.0 Å². The highest BCUT2D eigenvalue weighted by atomic mass is 32.2. The lowest BCUT2D eigenvalue weighted by molar-refractivity contribution is -0.0707. The molecule has 4 heteroatoms. The van der Waals surface area contributed by atoms with Crippen LogP contribution in [0.4, 0.5) is 0 Å². The van der Waals surface area contributed by atoms with E-state index in [9.17, 15) is 0 Å². The first-order chi connectivity index (χ1) is 5.70. The van der Waals surface area contributed by atoms with Gasteiger partial charge in [-0.25, -0.2) is 0 Å². The maximum Gasteiger partial charge on any atom is 0.171 e. The molecule has 0 aromatic heterocycles. The topological polar surface area (TPSA) is 21.7 Å². The van der Waals surface area contributed by atoms with Crippen molar-refractivity contribution in [2.75, 3.05) is 33.5 Å². The Balaban J connectivity index is 3.48. The van der Waals surface area contributed by atoms with Crippen molar-refractivity contribution in [3.8, 4) is 0 Å². The van der Waals surface area contributed by atoms with Gasteiger partial charge in [-0.2, -0.15) is 0 Å². The highest BCUT2D eigenvalue weighted by Gasteiger charge is 2.08. The molecular weight excluding hydrogens is 174 g/mol. The summed E-state index contributed by atoms with van der Waals surface area (Å²) in [4.78, 5) is 2.12. The third kappa shape index (κ3) is 6.91. The van der Waals surface area contributed by atoms with Crippen LogP contribution in [-0.4, -0.2) is 44.7 Å². The van der Waals surface area contributed by atoms with E-state index in [4.69, 9.17) is 8.92 Å². The monoisotopic (exact) mass is 193 g/mol. The minimum Gasteiger partial charge on any atom is -0.352 e. The molecule has 0 aliphatic carbocycles.